The number of hydrogen-bond donors (Lipinski definition) is 0. The van der Waals surface area contributed by atoms with Crippen LogP contribution in [0.2, 0.25) is 0 Å². The van der Waals surface area contributed by atoms with Crippen molar-refractivity contribution in [2.75, 3.05) is 11.5 Å². The molecule has 0 bridgehead atoms. The Morgan fingerprint density at radius 3 is 2.50 bits per heavy atom. The fraction of sp³-hybridized carbons (Fsp3) is 0.450. The van der Waals surface area contributed by atoms with Crippen LogP contribution in [-0.2, 0) is 14.3 Å². The fourth-order valence-corrected chi connectivity index (χ4v) is 4.27. The molecule has 2 saturated heterocycles. The number of imide groups is 1. The first-order chi connectivity index (χ1) is 12.5. The molecule has 1 aromatic rings. The Hall–Kier alpha value is -2.63. The predicted octanol–water partition coefficient (Wildman–Crippen LogP) is 2.60. The highest BCUT2D eigenvalue weighted by Gasteiger charge is 2.55. The van der Waals surface area contributed by atoms with Gasteiger partial charge in [-0.15, -0.1) is 0 Å². The smallest absolute Gasteiger partial charge is 0.410 e. The van der Waals surface area contributed by atoms with E-state index in [2.05, 4.69) is 0 Å². The second-order valence-corrected chi connectivity index (χ2v) is 7.43. The lowest BCUT2D eigenvalue weighted by atomic mass is 9.80. The number of cyclic esters (lactones) is 1. The Morgan fingerprint density at radius 1 is 1.08 bits per heavy atom. The third-order valence-electron chi connectivity index (χ3n) is 5.62. The molecule has 1 aliphatic carbocycles. The number of amides is 3. The highest BCUT2D eigenvalue weighted by molar-refractivity contribution is 6.22. The number of hydrogen-bond acceptors (Lipinski definition) is 4. The van der Waals surface area contributed by atoms with Crippen LogP contribution >= 0.6 is 0 Å². The average Bonchev–Trinajstić information content (AvgIpc) is 3.14. The first kappa shape index (κ1) is 16.8. The van der Waals surface area contributed by atoms with E-state index in [4.69, 9.17) is 4.74 Å². The van der Waals surface area contributed by atoms with Crippen LogP contribution in [0.15, 0.2) is 42.5 Å². The van der Waals surface area contributed by atoms with E-state index in [0.717, 1.165) is 0 Å². The van der Waals surface area contributed by atoms with Crippen LogP contribution in [0.5, 0.6) is 0 Å². The topological polar surface area (TPSA) is 66.9 Å². The van der Waals surface area contributed by atoms with Crippen molar-refractivity contribution >= 4 is 23.6 Å². The molecule has 0 unspecified atom stereocenters. The van der Waals surface area contributed by atoms with E-state index in [-0.39, 0.29) is 23.8 Å². The van der Waals surface area contributed by atoms with Gasteiger partial charge in [0.15, 0.2) is 0 Å². The minimum absolute atomic E-state index is 0.0930. The average molecular weight is 354 g/mol. The highest BCUT2D eigenvalue weighted by Crippen LogP contribution is 2.41. The van der Waals surface area contributed by atoms with Crippen LogP contribution in [0.3, 0.4) is 0 Å². The number of rotatable bonds is 3. The van der Waals surface area contributed by atoms with E-state index in [1.54, 1.807) is 29.2 Å². The normalized spacial score (nSPS) is 31.0. The molecule has 4 atom stereocenters. The molecule has 6 heteroatoms. The Kier molecular flexibility index (Phi) is 4.05. The predicted molar refractivity (Wildman–Crippen MR) is 95.3 cm³/mol. The molecule has 0 spiro atoms. The number of nitrogens with zero attached hydrogens (tertiary/aromatic N) is 2. The van der Waals surface area contributed by atoms with Crippen LogP contribution in [0, 0.1) is 17.8 Å². The van der Waals surface area contributed by atoms with Crippen molar-refractivity contribution in [1.82, 2.24) is 4.90 Å². The fourth-order valence-electron chi connectivity index (χ4n) is 4.27. The van der Waals surface area contributed by atoms with E-state index >= 15 is 0 Å². The summed E-state index contributed by atoms with van der Waals surface area (Å²) in [5, 5.41) is 0. The van der Waals surface area contributed by atoms with Crippen LogP contribution in [0.25, 0.3) is 0 Å². The molecule has 3 amide bonds. The summed E-state index contributed by atoms with van der Waals surface area (Å²) in [5.74, 6) is -1.21. The van der Waals surface area contributed by atoms with Crippen molar-refractivity contribution in [3.63, 3.8) is 0 Å². The molecule has 2 aliphatic heterocycles. The van der Waals surface area contributed by atoms with Gasteiger partial charge in [-0.05, 0) is 24.5 Å². The molecule has 6 nitrogen and oxygen atoms in total. The summed E-state index contributed by atoms with van der Waals surface area (Å²) in [5.41, 5.74) is 0.583. The van der Waals surface area contributed by atoms with Crippen molar-refractivity contribution in [1.29, 1.82) is 0 Å². The highest BCUT2D eigenvalue weighted by atomic mass is 16.6. The molecule has 26 heavy (non-hydrogen) atoms. The van der Waals surface area contributed by atoms with Gasteiger partial charge in [0, 0.05) is 0 Å². The SMILES string of the molecule is CC(C)[C@@H]1COC(=O)N1[C@@H]1C=CC[C@@H]2C(=O)N(c3ccccc3)C(=O)[C@@H]21. The summed E-state index contributed by atoms with van der Waals surface area (Å²) in [6.07, 6.45) is 3.92. The maximum absolute atomic E-state index is 13.2. The van der Waals surface area contributed by atoms with Crippen molar-refractivity contribution < 1.29 is 19.1 Å². The van der Waals surface area contributed by atoms with Crippen LogP contribution in [-0.4, -0.2) is 41.5 Å². The number of benzene rings is 1. The van der Waals surface area contributed by atoms with Crippen LogP contribution in [0.4, 0.5) is 10.5 Å². The van der Waals surface area contributed by atoms with Crippen molar-refractivity contribution in [3.8, 4) is 0 Å². The summed E-state index contributed by atoms with van der Waals surface area (Å²) in [6, 6.07) is 8.44. The summed E-state index contributed by atoms with van der Waals surface area (Å²) in [6.45, 7) is 4.38. The van der Waals surface area contributed by atoms with Gasteiger partial charge < -0.3 is 4.74 Å². The van der Waals surface area contributed by atoms with Gasteiger partial charge in [0.05, 0.1) is 29.6 Å². The Morgan fingerprint density at radius 2 is 1.81 bits per heavy atom. The number of anilines is 1. The zero-order valence-corrected chi connectivity index (χ0v) is 14.9. The van der Waals surface area contributed by atoms with Gasteiger partial charge in [-0.25, -0.2) is 9.69 Å². The third kappa shape index (κ3) is 2.43. The van der Waals surface area contributed by atoms with Crippen molar-refractivity contribution in [2.24, 2.45) is 17.8 Å². The second kappa shape index (κ2) is 6.27. The summed E-state index contributed by atoms with van der Waals surface area (Å²) < 4.78 is 5.26. The lowest BCUT2D eigenvalue weighted by Crippen LogP contribution is -2.51. The van der Waals surface area contributed by atoms with E-state index in [9.17, 15) is 14.4 Å². The number of carbonyl (C=O) groups excluding carboxylic acids is 3. The molecule has 0 saturated carbocycles. The number of fused-ring (bicyclic) bond motifs is 1. The molecule has 4 rings (SSSR count). The lowest BCUT2D eigenvalue weighted by molar-refractivity contribution is -0.122. The van der Waals surface area contributed by atoms with Crippen molar-refractivity contribution in [3.05, 3.63) is 42.5 Å². The lowest BCUT2D eigenvalue weighted by Gasteiger charge is -2.36. The molecule has 0 N–H and O–H groups in total. The number of carbonyl (C=O) groups is 3. The molecule has 2 heterocycles. The second-order valence-electron chi connectivity index (χ2n) is 7.43. The minimum atomic E-state index is -0.556. The quantitative estimate of drug-likeness (QED) is 0.618. The third-order valence-corrected chi connectivity index (χ3v) is 5.62. The Bertz CT molecular complexity index is 773. The first-order valence-corrected chi connectivity index (χ1v) is 9.05. The summed E-state index contributed by atoms with van der Waals surface area (Å²) in [4.78, 5) is 41.5. The van der Waals surface area contributed by atoms with Gasteiger partial charge >= 0.3 is 6.09 Å². The summed E-state index contributed by atoms with van der Waals surface area (Å²) >= 11 is 0. The zero-order valence-electron chi connectivity index (χ0n) is 14.9. The van der Waals surface area contributed by atoms with Crippen LogP contribution < -0.4 is 4.90 Å². The molecule has 0 radical (unpaired) electrons. The first-order valence-electron chi connectivity index (χ1n) is 9.05. The number of para-hydroxylation sites is 1. The van der Waals surface area contributed by atoms with Gasteiger partial charge in [0.1, 0.15) is 6.61 Å². The molecule has 136 valence electrons. The molecule has 3 aliphatic rings. The largest absolute Gasteiger partial charge is 0.447 e. The molecule has 2 fully saturated rings. The zero-order chi connectivity index (χ0) is 18.4. The van der Waals surface area contributed by atoms with Gasteiger partial charge in [-0.1, -0.05) is 44.2 Å². The van der Waals surface area contributed by atoms with E-state index in [1.165, 1.54) is 4.90 Å². The maximum atomic E-state index is 13.2. The monoisotopic (exact) mass is 354 g/mol. The molecule has 0 aromatic heterocycles. The standard InChI is InChI=1S/C20H22N2O4/c1-12(2)16-11-26-20(25)22(16)15-10-6-9-14-17(15)19(24)21(18(14)23)13-7-4-3-5-8-13/h3-8,10,12,14-17H,9,11H2,1-2H3/t14-,15+,16-,17-/m0/s1. The van der Waals surface area contributed by atoms with E-state index in [0.29, 0.717) is 18.7 Å². The number of allylic oxidation sites excluding steroid dienone is 1. The van der Waals surface area contributed by atoms with E-state index in [1.807, 2.05) is 32.1 Å². The molecular weight excluding hydrogens is 332 g/mol. The van der Waals surface area contributed by atoms with Crippen LogP contribution in [0.1, 0.15) is 20.3 Å². The van der Waals surface area contributed by atoms with E-state index < -0.39 is 24.0 Å². The van der Waals surface area contributed by atoms with Crippen molar-refractivity contribution in [2.45, 2.75) is 32.4 Å². The Labute approximate surface area is 152 Å². The van der Waals surface area contributed by atoms with Gasteiger partial charge in [0.25, 0.3) is 0 Å². The van der Waals surface area contributed by atoms with Gasteiger partial charge in [-0.3, -0.25) is 14.5 Å². The van der Waals surface area contributed by atoms with Gasteiger partial charge in [0.2, 0.25) is 11.8 Å². The minimum Gasteiger partial charge on any atom is -0.447 e. The summed E-state index contributed by atoms with van der Waals surface area (Å²) in [7, 11) is 0. The molecular formula is C20H22N2O4. The number of ether oxygens (including phenoxy) is 1. The maximum Gasteiger partial charge on any atom is 0.410 e. The van der Waals surface area contributed by atoms with Gasteiger partial charge in [-0.2, -0.15) is 0 Å². The molecule has 1 aromatic carbocycles. The Balaban J connectivity index is 1.70.